The molecule has 0 aromatic rings. The van der Waals surface area contributed by atoms with Crippen molar-refractivity contribution in [3.8, 4) is 0 Å². The van der Waals surface area contributed by atoms with E-state index < -0.39 is 0 Å². The highest BCUT2D eigenvalue weighted by atomic mass is 16.2. The third-order valence-corrected chi connectivity index (χ3v) is 4.79. The topological polar surface area (TPSA) is 46.3 Å². The third kappa shape index (κ3) is 1.75. The number of hydrogen-bond acceptors (Lipinski definition) is 2. The molecule has 4 rings (SSSR count). The van der Waals surface area contributed by atoms with E-state index in [1.165, 1.54) is 32.1 Å². The lowest BCUT2D eigenvalue weighted by Crippen LogP contribution is -2.42. The van der Waals surface area contributed by atoms with Crippen molar-refractivity contribution in [2.24, 2.45) is 23.5 Å². The van der Waals surface area contributed by atoms with Gasteiger partial charge in [0.05, 0.1) is 0 Å². The Hall–Kier alpha value is -0.570. The summed E-state index contributed by atoms with van der Waals surface area (Å²) in [5.41, 5.74) is 5.50. The Balaban J connectivity index is 1.78. The molecule has 2 aliphatic heterocycles. The highest BCUT2D eigenvalue weighted by Gasteiger charge is 2.43. The molecule has 4 fully saturated rings. The van der Waals surface area contributed by atoms with E-state index in [0.29, 0.717) is 24.9 Å². The maximum absolute atomic E-state index is 12.1. The number of hydrogen-bond donors (Lipinski definition) is 1. The van der Waals surface area contributed by atoms with Gasteiger partial charge in [-0.1, -0.05) is 0 Å². The van der Waals surface area contributed by atoms with E-state index in [2.05, 4.69) is 4.90 Å². The van der Waals surface area contributed by atoms with Crippen LogP contribution in [0.3, 0.4) is 0 Å². The summed E-state index contributed by atoms with van der Waals surface area (Å²) in [5, 5.41) is 0. The van der Waals surface area contributed by atoms with Crippen LogP contribution in [0.4, 0.5) is 0 Å². The fraction of sp³-hybridized carbons (Fsp3) is 0.923. The highest BCUT2D eigenvalue weighted by molar-refractivity contribution is 5.76. The van der Waals surface area contributed by atoms with Crippen LogP contribution in [0, 0.1) is 17.8 Å². The van der Waals surface area contributed by atoms with Gasteiger partial charge in [-0.15, -0.1) is 0 Å². The summed E-state index contributed by atoms with van der Waals surface area (Å²) >= 11 is 0. The van der Waals surface area contributed by atoms with E-state index in [-0.39, 0.29) is 0 Å². The normalized spacial score (nSPS) is 41.2. The number of carbonyl (C=O) groups excluding carboxylic acids is 1. The standard InChI is InChI=1S/C13H22N2O/c14-2-1-13(16)15-8-11-4-9-3-10(5-11)7-12(15)6-9/h9-12H,1-8,14H2. The zero-order chi connectivity index (χ0) is 11.1. The average molecular weight is 222 g/mol. The smallest absolute Gasteiger partial charge is 0.224 e. The van der Waals surface area contributed by atoms with Gasteiger partial charge in [0.1, 0.15) is 0 Å². The van der Waals surface area contributed by atoms with Gasteiger partial charge in [-0.3, -0.25) is 4.79 Å². The molecule has 2 N–H and O–H groups in total. The molecule has 2 heterocycles. The SMILES string of the molecule is NCCC(=O)N1CC2CC3CC(C2)CC1C3. The zero-order valence-electron chi connectivity index (χ0n) is 9.90. The van der Waals surface area contributed by atoms with Gasteiger partial charge >= 0.3 is 0 Å². The van der Waals surface area contributed by atoms with Crippen molar-refractivity contribution in [2.45, 2.75) is 44.6 Å². The van der Waals surface area contributed by atoms with Crippen LogP contribution >= 0.6 is 0 Å². The maximum Gasteiger partial charge on any atom is 0.224 e. The average Bonchev–Trinajstić information content (AvgIpc) is 2.43. The molecule has 2 unspecified atom stereocenters. The summed E-state index contributed by atoms with van der Waals surface area (Å²) in [7, 11) is 0. The molecular formula is C13H22N2O. The first-order valence-corrected chi connectivity index (χ1v) is 6.75. The Morgan fingerprint density at radius 3 is 2.31 bits per heavy atom. The first-order valence-electron chi connectivity index (χ1n) is 6.75. The molecule has 0 spiro atoms. The second-order valence-corrected chi connectivity index (χ2v) is 6.02. The Morgan fingerprint density at radius 1 is 1.06 bits per heavy atom. The number of amides is 1. The quantitative estimate of drug-likeness (QED) is 0.767. The van der Waals surface area contributed by atoms with E-state index in [4.69, 9.17) is 5.73 Å². The van der Waals surface area contributed by atoms with Gasteiger partial charge in [0.25, 0.3) is 0 Å². The Kier molecular flexibility index (Phi) is 2.66. The molecule has 2 saturated heterocycles. The fourth-order valence-electron chi connectivity index (χ4n) is 4.36. The highest BCUT2D eigenvalue weighted by Crippen LogP contribution is 2.47. The van der Waals surface area contributed by atoms with Gasteiger partial charge in [0, 0.05) is 25.6 Å². The summed E-state index contributed by atoms with van der Waals surface area (Å²) in [6.07, 6.45) is 7.26. The van der Waals surface area contributed by atoms with Crippen LogP contribution in [0.1, 0.15) is 38.5 Å². The van der Waals surface area contributed by atoms with Crippen molar-refractivity contribution >= 4 is 5.91 Å². The number of rotatable bonds is 2. The Morgan fingerprint density at radius 2 is 1.69 bits per heavy atom. The molecule has 3 nitrogen and oxygen atoms in total. The minimum atomic E-state index is 0.306. The molecular weight excluding hydrogens is 200 g/mol. The molecule has 0 aromatic carbocycles. The van der Waals surface area contributed by atoms with Crippen molar-refractivity contribution in [1.82, 2.24) is 4.90 Å². The van der Waals surface area contributed by atoms with Crippen molar-refractivity contribution in [2.75, 3.05) is 13.1 Å². The van der Waals surface area contributed by atoms with E-state index in [1.807, 2.05) is 0 Å². The van der Waals surface area contributed by atoms with E-state index in [9.17, 15) is 4.79 Å². The van der Waals surface area contributed by atoms with Gasteiger partial charge in [-0.2, -0.15) is 0 Å². The molecule has 4 aliphatic rings. The van der Waals surface area contributed by atoms with E-state index in [1.54, 1.807) is 0 Å². The lowest BCUT2D eigenvalue weighted by Gasteiger charge is -2.39. The second kappa shape index (κ2) is 4.02. The van der Waals surface area contributed by atoms with Crippen LogP contribution in [-0.4, -0.2) is 29.9 Å². The predicted octanol–water partition coefficient (Wildman–Crippen LogP) is 1.37. The third-order valence-electron chi connectivity index (χ3n) is 4.79. The summed E-state index contributed by atoms with van der Waals surface area (Å²) < 4.78 is 0. The summed E-state index contributed by atoms with van der Waals surface area (Å²) in [6.45, 7) is 1.52. The molecule has 3 heteroatoms. The lowest BCUT2D eigenvalue weighted by molar-refractivity contribution is -0.133. The molecule has 2 atom stereocenters. The molecule has 4 bridgehead atoms. The minimum absolute atomic E-state index is 0.306. The second-order valence-electron chi connectivity index (χ2n) is 6.02. The first kappa shape index (κ1) is 10.6. The van der Waals surface area contributed by atoms with E-state index >= 15 is 0 Å². The number of nitrogens with two attached hydrogens (primary N) is 1. The largest absolute Gasteiger partial charge is 0.339 e. The van der Waals surface area contributed by atoms with Gasteiger partial charge in [0.2, 0.25) is 5.91 Å². The minimum Gasteiger partial charge on any atom is -0.339 e. The van der Waals surface area contributed by atoms with Crippen molar-refractivity contribution in [3.05, 3.63) is 0 Å². The van der Waals surface area contributed by atoms with Gasteiger partial charge < -0.3 is 10.6 Å². The summed E-state index contributed by atoms with van der Waals surface area (Å²) in [5.74, 6) is 2.93. The molecule has 90 valence electrons. The van der Waals surface area contributed by atoms with Crippen molar-refractivity contribution in [1.29, 1.82) is 0 Å². The molecule has 0 radical (unpaired) electrons. The molecule has 0 aromatic heterocycles. The number of nitrogens with zero attached hydrogens (tertiary/aromatic N) is 1. The first-order chi connectivity index (χ1) is 7.76. The van der Waals surface area contributed by atoms with Crippen molar-refractivity contribution in [3.63, 3.8) is 0 Å². The number of carbonyl (C=O) groups is 1. The van der Waals surface area contributed by atoms with Gasteiger partial charge in [-0.25, -0.2) is 0 Å². The zero-order valence-corrected chi connectivity index (χ0v) is 9.90. The predicted molar refractivity (Wildman–Crippen MR) is 62.7 cm³/mol. The maximum atomic E-state index is 12.1. The van der Waals surface area contributed by atoms with E-state index in [0.717, 1.165) is 24.3 Å². The summed E-state index contributed by atoms with van der Waals surface area (Å²) in [4.78, 5) is 14.2. The van der Waals surface area contributed by atoms with Crippen LogP contribution in [0.25, 0.3) is 0 Å². The Labute approximate surface area is 97.4 Å². The summed E-state index contributed by atoms with van der Waals surface area (Å²) in [6, 6.07) is 0.551. The van der Waals surface area contributed by atoms with Crippen LogP contribution < -0.4 is 5.73 Å². The number of fused-ring (bicyclic) bond motifs is 1. The van der Waals surface area contributed by atoms with Crippen LogP contribution in [0.15, 0.2) is 0 Å². The van der Waals surface area contributed by atoms with Gasteiger partial charge in [-0.05, 0) is 49.9 Å². The van der Waals surface area contributed by atoms with Crippen molar-refractivity contribution < 1.29 is 4.79 Å². The lowest BCUT2D eigenvalue weighted by atomic mass is 9.68. The van der Waals surface area contributed by atoms with Crippen LogP contribution in [0.5, 0.6) is 0 Å². The molecule has 2 aliphatic carbocycles. The molecule has 16 heavy (non-hydrogen) atoms. The van der Waals surface area contributed by atoms with Gasteiger partial charge in [0.15, 0.2) is 0 Å². The molecule has 2 saturated carbocycles. The fourth-order valence-corrected chi connectivity index (χ4v) is 4.36. The van der Waals surface area contributed by atoms with Crippen LogP contribution in [0.2, 0.25) is 0 Å². The molecule has 1 amide bonds. The monoisotopic (exact) mass is 222 g/mol. The van der Waals surface area contributed by atoms with Crippen LogP contribution in [-0.2, 0) is 4.79 Å². The Bertz CT molecular complexity index is 278.